The van der Waals surface area contributed by atoms with Crippen LogP contribution in [0.1, 0.15) is 61.5 Å². The Labute approximate surface area is 186 Å². The molecule has 1 aromatic heterocycles. The number of carbonyl (C=O) groups is 2. The second-order valence-corrected chi connectivity index (χ2v) is 10.4. The van der Waals surface area contributed by atoms with Gasteiger partial charge in [-0.3, -0.25) is 9.59 Å². The van der Waals surface area contributed by atoms with Crippen LogP contribution >= 0.6 is 11.8 Å². The van der Waals surface area contributed by atoms with Gasteiger partial charge in [0.2, 0.25) is 0 Å². The molecule has 0 bridgehead atoms. The van der Waals surface area contributed by atoms with E-state index in [9.17, 15) is 14.0 Å². The molecule has 1 N–H and O–H groups in total. The molecule has 1 saturated heterocycles. The summed E-state index contributed by atoms with van der Waals surface area (Å²) < 4.78 is 12.6. The van der Waals surface area contributed by atoms with Gasteiger partial charge in [0, 0.05) is 25.7 Å². The number of likely N-dealkylation sites (tertiary alicyclic amines) is 1. The van der Waals surface area contributed by atoms with Crippen molar-refractivity contribution in [3.8, 4) is 0 Å². The topological polar surface area (TPSA) is 65.5 Å². The quantitative estimate of drug-likeness (QED) is 0.684. The van der Waals surface area contributed by atoms with E-state index in [1.54, 1.807) is 36.2 Å². The van der Waals surface area contributed by atoms with E-state index >= 15 is 0 Å². The summed E-state index contributed by atoms with van der Waals surface area (Å²) >= 11 is 1.59. The van der Waals surface area contributed by atoms with Crippen molar-refractivity contribution in [3.63, 3.8) is 0 Å². The summed E-state index contributed by atoms with van der Waals surface area (Å²) in [7, 11) is 0. The molecule has 1 fully saturated rings. The van der Waals surface area contributed by atoms with Crippen LogP contribution in [0.5, 0.6) is 0 Å². The lowest BCUT2D eigenvalue weighted by Gasteiger charge is -2.34. The molecule has 1 aromatic carbocycles. The van der Waals surface area contributed by atoms with Gasteiger partial charge in [-0.1, -0.05) is 30.8 Å². The first-order valence-corrected chi connectivity index (χ1v) is 11.6. The van der Waals surface area contributed by atoms with Crippen molar-refractivity contribution in [1.29, 1.82) is 0 Å². The molecule has 0 unspecified atom stereocenters. The first kappa shape index (κ1) is 21.8. The minimum Gasteiger partial charge on any atom is -0.357 e. The predicted molar refractivity (Wildman–Crippen MR) is 122 cm³/mol. The molecular formula is C24H28FN3O2S. The summed E-state index contributed by atoms with van der Waals surface area (Å²) in [5.74, 6) is 0.319. The molecule has 0 spiro atoms. The summed E-state index contributed by atoms with van der Waals surface area (Å²) in [5, 5.41) is 0.865. The maximum absolute atomic E-state index is 13.2. The number of halogens is 1. The lowest BCUT2D eigenvalue weighted by molar-refractivity contribution is -0.119. The van der Waals surface area contributed by atoms with Gasteiger partial charge in [0.05, 0.1) is 5.04 Å². The van der Waals surface area contributed by atoms with Crippen LogP contribution in [0.2, 0.25) is 0 Å². The van der Waals surface area contributed by atoms with Crippen LogP contribution in [-0.4, -0.2) is 44.6 Å². The van der Waals surface area contributed by atoms with Gasteiger partial charge in [-0.2, -0.15) is 0 Å². The minimum absolute atomic E-state index is 0.0429. The zero-order valence-electron chi connectivity index (χ0n) is 17.9. The molecule has 2 aromatic rings. The SMILES string of the molecule is C[C@H](CC1=NC(=O)[C@](C)(CC2CCN(C(=O)c3ccc[nH]3)CC2)S1)c1ccc(F)cc1. The molecule has 5 nitrogen and oxygen atoms in total. The summed E-state index contributed by atoms with van der Waals surface area (Å²) in [5.41, 5.74) is 1.67. The van der Waals surface area contributed by atoms with Gasteiger partial charge >= 0.3 is 0 Å². The third-order valence-corrected chi connectivity index (χ3v) is 7.64. The Hall–Kier alpha value is -2.41. The van der Waals surface area contributed by atoms with Gasteiger partial charge in [-0.05, 0) is 67.9 Å². The zero-order chi connectivity index (χ0) is 22.0. The lowest BCUT2D eigenvalue weighted by Crippen LogP contribution is -2.41. The molecule has 31 heavy (non-hydrogen) atoms. The second kappa shape index (κ2) is 8.99. The molecule has 0 radical (unpaired) electrons. The van der Waals surface area contributed by atoms with E-state index in [0.717, 1.165) is 29.9 Å². The number of hydrogen-bond donors (Lipinski definition) is 1. The molecule has 4 rings (SSSR count). The number of thioether (sulfide) groups is 1. The molecule has 164 valence electrons. The Balaban J connectivity index is 1.30. The maximum atomic E-state index is 13.2. The van der Waals surface area contributed by atoms with E-state index in [-0.39, 0.29) is 23.5 Å². The number of hydrogen-bond acceptors (Lipinski definition) is 3. The minimum atomic E-state index is -0.534. The van der Waals surface area contributed by atoms with E-state index < -0.39 is 4.75 Å². The summed E-state index contributed by atoms with van der Waals surface area (Å²) in [6, 6.07) is 10.2. The molecule has 0 saturated carbocycles. The number of amides is 2. The lowest BCUT2D eigenvalue weighted by atomic mass is 9.87. The second-order valence-electron chi connectivity index (χ2n) is 8.82. The fraction of sp³-hybridized carbons (Fsp3) is 0.458. The molecule has 7 heteroatoms. The van der Waals surface area contributed by atoms with Gasteiger partial charge in [0.15, 0.2) is 0 Å². The average Bonchev–Trinajstić information content (AvgIpc) is 3.37. The average molecular weight is 442 g/mol. The van der Waals surface area contributed by atoms with Crippen LogP contribution in [0.4, 0.5) is 4.39 Å². The van der Waals surface area contributed by atoms with Gasteiger partial charge in [-0.15, -0.1) is 0 Å². The Kier molecular flexibility index (Phi) is 6.32. The highest BCUT2D eigenvalue weighted by atomic mass is 32.2. The number of aromatic nitrogens is 1. The molecule has 2 aliphatic heterocycles. The monoisotopic (exact) mass is 441 g/mol. The van der Waals surface area contributed by atoms with Gasteiger partial charge in [0.1, 0.15) is 16.3 Å². The molecule has 3 heterocycles. The van der Waals surface area contributed by atoms with Gasteiger partial charge < -0.3 is 9.88 Å². The van der Waals surface area contributed by atoms with Gasteiger partial charge in [0.25, 0.3) is 11.8 Å². The number of piperidine rings is 1. The highest BCUT2D eigenvalue weighted by Crippen LogP contribution is 2.43. The van der Waals surface area contributed by atoms with Crippen LogP contribution < -0.4 is 0 Å². The standard InChI is InChI=1S/C24H28FN3O2S/c1-16(18-5-7-19(25)8-6-18)14-21-27-23(30)24(2,31-21)15-17-9-12-28(13-10-17)22(29)20-4-3-11-26-20/h3-8,11,16-17,26H,9-10,12-15H2,1-2H3/t16-,24+/m1/s1. The number of aromatic amines is 1. The normalized spacial score (nSPS) is 23.1. The summed E-state index contributed by atoms with van der Waals surface area (Å²) in [4.78, 5) is 34.5. The van der Waals surface area contributed by atoms with Crippen LogP contribution in [0.3, 0.4) is 0 Å². The Morgan fingerprint density at radius 2 is 2.00 bits per heavy atom. The van der Waals surface area contributed by atoms with E-state index in [0.29, 0.717) is 31.1 Å². The Bertz CT molecular complexity index is 965. The van der Waals surface area contributed by atoms with Crippen molar-refractivity contribution in [1.82, 2.24) is 9.88 Å². The molecular weight excluding hydrogens is 413 g/mol. The van der Waals surface area contributed by atoms with Crippen LogP contribution in [0.25, 0.3) is 0 Å². The van der Waals surface area contributed by atoms with Crippen molar-refractivity contribution in [2.45, 2.75) is 50.2 Å². The molecule has 2 atom stereocenters. The van der Waals surface area contributed by atoms with Crippen molar-refractivity contribution < 1.29 is 14.0 Å². The van der Waals surface area contributed by atoms with Crippen molar-refractivity contribution in [2.75, 3.05) is 13.1 Å². The number of carbonyl (C=O) groups excluding carboxylic acids is 2. The highest BCUT2D eigenvalue weighted by molar-refractivity contribution is 8.16. The van der Waals surface area contributed by atoms with E-state index in [1.807, 2.05) is 17.9 Å². The number of benzene rings is 1. The maximum Gasteiger partial charge on any atom is 0.270 e. The predicted octanol–water partition coefficient (Wildman–Crippen LogP) is 5.02. The molecule has 2 amide bonds. The fourth-order valence-electron chi connectivity index (χ4n) is 4.47. The largest absolute Gasteiger partial charge is 0.357 e. The number of rotatable bonds is 6. The number of aliphatic imine (C=N–C) groups is 1. The number of nitrogens with zero attached hydrogens (tertiary/aromatic N) is 2. The van der Waals surface area contributed by atoms with Crippen LogP contribution in [0, 0.1) is 11.7 Å². The Morgan fingerprint density at radius 3 is 2.65 bits per heavy atom. The third kappa shape index (κ3) is 4.92. The molecule has 0 aliphatic carbocycles. The van der Waals surface area contributed by atoms with Crippen LogP contribution in [-0.2, 0) is 4.79 Å². The number of nitrogens with one attached hydrogen (secondary N) is 1. The smallest absolute Gasteiger partial charge is 0.270 e. The van der Waals surface area contributed by atoms with Gasteiger partial charge in [-0.25, -0.2) is 9.38 Å². The van der Waals surface area contributed by atoms with E-state index in [1.165, 1.54) is 12.1 Å². The van der Waals surface area contributed by atoms with Crippen LogP contribution in [0.15, 0.2) is 47.6 Å². The first-order chi connectivity index (χ1) is 14.8. The van der Waals surface area contributed by atoms with E-state index in [4.69, 9.17) is 0 Å². The van der Waals surface area contributed by atoms with Crippen molar-refractivity contribution >= 4 is 28.6 Å². The first-order valence-electron chi connectivity index (χ1n) is 10.8. The van der Waals surface area contributed by atoms with Crippen molar-refractivity contribution in [3.05, 3.63) is 59.7 Å². The summed E-state index contributed by atoms with van der Waals surface area (Å²) in [6.07, 6.45) is 5.02. The number of H-pyrrole nitrogens is 1. The third-order valence-electron chi connectivity index (χ3n) is 6.35. The molecule has 2 aliphatic rings. The Morgan fingerprint density at radius 1 is 1.29 bits per heavy atom. The summed E-state index contributed by atoms with van der Waals surface area (Å²) in [6.45, 7) is 5.50. The zero-order valence-corrected chi connectivity index (χ0v) is 18.8. The van der Waals surface area contributed by atoms with E-state index in [2.05, 4.69) is 16.9 Å². The fourth-order valence-corrected chi connectivity index (χ4v) is 5.90. The highest BCUT2D eigenvalue weighted by Gasteiger charge is 2.43. The van der Waals surface area contributed by atoms with Crippen molar-refractivity contribution in [2.24, 2.45) is 10.9 Å².